The Morgan fingerprint density at radius 3 is 2.25 bits per heavy atom. The molecule has 0 saturated carbocycles. The number of hydrogen-bond acceptors (Lipinski definition) is 6. The summed E-state index contributed by atoms with van der Waals surface area (Å²) in [7, 11) is 0.518. The smallest absolute Gasteiger partial charge is 0.387 e. The van der Waals surface area contributed by atoms with Crippen molar-refractivity contribution < 1.29 is 36.2 Å². The topological polar surface area (TPSA) is 82.1 Å². The van der Waals surface area contributed by atoms with Gasteiger partial charge in [0, 0.05) is 14.1 Å². The highest BCUT2D eigenvalue weighted by Crippen LogP contribution is 2.29. The van der Waals surface area contributed by atoms with Gasteiger partial charge in [-0.2, -0.15) is 8.78 Å². The summed E-state index contributed by atoms with van der Waals surface area (Å²) >= 11 is 0. The number of carbonyl (C=O) groups is 1. The molecule has 0 aliphatic rings. The van der Waals surface area contributed by atoms with Crippen molar-refractivity contribution in [2.75, 3.05) is 21.2 Å². The third-order valence-electron chi connectivity index (χ3n) is 3.68. The minimum absolute atomic E-state index is 0.0494. The van der Waals surface area contributed by atoms with Crippen LogP contribution < -0.4 is 9.47 Å². The molecule has 0 aliphatic carbocycles. The minimum atomic E-state index is -3.59. The zero-order chi connectivity index (χ0) is 20.9. The number of nitrogens with zero attached hydrogens (tertiary/aromatic N) is 1. The van der Waals surface area contributed by atoms with Crippen LogP contribution in [0.5, 0.6) is 11.5 Å². The van der Waals surface area contributed by atoms with E-state index in [2.05, 4.69) is 4.74 Å². The fourth-order valence-electron chi connectivity index (χ4n) is 2.20. The number of sulfonamides is 1. The summed E-state index contributed by atoms with van der Waals surface area (Å²) < 4.78 is 64.2. The molecular weight excluding hydrogens is 396 g/mol. The van der Waals surface area contributed by atoms with Gasteiger partial charge in [0.1, 0.15) is 6.61 Å². The zero-order valence-corrected chi connectivity index (χ0v) is 16.2. The third-order valence-corrected chi connectivity index (χ3v) is 5.51. The predicted octanol–water partition coefficient (Wildman–Crippen LogP) is 2.90. The Hall–Kier alpha value is -2.72. The fraction of sp³-hybridized carbons (Fsp3) is 0.278. The summed E-state index contributed by atoms with van der Waals surface area (Å²) in [5.41, 5.74) is 0.668. The van der Waals surface area contributed by atoms with E-state index in [0.717, 1.165) is 4.31 Å². The molecule has 0 aromatic heterocycles. The van der Waals surface area contributed by atoms with Crippen LogP contribution in [0.4, 0.5) is 8.78 Å². The van der Waals surface area contributed by atoms with Gasteiger partial charge in [0.2, 0.25) is 10.0 Å². The molecule has 0 bridgehead atoms. The first kappa shape index (κ1) is 21.6. The van der Waals surface area contributed by atoms with E-state index in [0.29, 0.717) is 5.56 Å². The number of halogens is 2. The summed E-state index contributed by atoms with van der Waals surface area (Å²) in [6.45, 7) is -3.13. The van der Waals surface area contributed by atoms with Gasteiger partial charge in [-0.15, -0.1) is 0 Å². The molecule has 2 aromatic carbocycles. The molecule has 0 atom stereocenters. The van der Waals surface area contributed by atoms with Crippen LogP contribution in [0.1, 0.15) is 15.9 Å². The Bertz CT molecular complexity index is 930. The lowest BCUT2D eigenvalue weighted by molar-refractivity contribution is -0.0512. The van der Waals surface area contributed by atoms with E-state index in [9.17, 15) is 22.0 Å². The Labute approximate surface area is 161 Å². The highest BCUT2D eigenvalue weighted by molar-refractivity contribution is 7.89. The van der Waals surface area contributed by atoms with Crippen LogP contribution in [0, 0.1) is 0 Å². The van der Waals surface area contributed by atoms with Gasteiger partial charge in [0.15, 0.2) is 11.5 Å². The van der Waals surface area contributed by atoms with Gasteiger partial charge in [-0.25, -0.2) is 17.5 Å². The van der Waals surface area contributed by atoms with Crippen molar-refractivity contribution in [3.8, 4) is 11.5 Å². The lowest BCUT2D eigenvalue weighted by atomic mass is 10.2. The highest BCUT2D eigenvalue weighted by atomic mass is 32.2. The molecule has 2 rings (SSSR count). The standard InChI is InChI=1S/C18H19F2NO6S/c1-21(2)28(23,24)14-7-5-13(6-8-14)17(22)26-11-12-4-9-15(27-18(19)20)16(10-12)25-3/h4-10,18H,11H2,1-3H3. The van der Waals surface area contributed by atoms with Gasteiger partial charge in [-0.05, 0) is 42.0 Å². The summed E-state index contributed by atoms with van der Waals surface area (Å²) in [5, 5.41) is 0. The number of rotatable bonds is 8. The number of carbonyl (C=O) groups excluding carboxylic acids is 1. The molecule has 0 saturated heterocycles. The van der Waals surface area contributed by atoms with Crippen molar-refractivity contribution in [2.24, 2.45) is 0 Å². The Morgan fingerprint density at radius 1 is 1.07 bits per heavy atom. The molecule has 7 nitrogen and oxygen atoms in total. The molecule has 10 heteroatoms. The van der Waals surface area contributed by atoms with Crippen molar-refractivity contribution in [3.63, 3.8) is 0 Å². The molecule has 0 radical (unpaired) electrons. The SMILES string of the molecule is COc1cc(COC(=O)c2ccc(S(=O)(=O)N(C)C)cc2)ccc1OC(F)F. The Morgan fingerprint density at radius 2 is 1.71 bits per heavy atom. The molecule has 28 heavy (non-hydrogen) atoms. The maximum atomic E-state index is 12.3. The van der Waals surface area contributed by atoms with E-state index in [-0.39, 0.29) is 28.6 Å². The average Bonchev–Trinajstić information content (AvgIpc) is 2.66. The summed E-state index contributed by atoms with van der Waals surface area (Å²) in [6.07, 6.45) is 0. The van der Waals surface area contributed by atoms with Crippen molar-refractivity contribution in [3.05, 3.63) is 53.6 Å². The van der Waals surface area contributed by atoms with E-state index in [1.54, 1.807) is 0 Å². The second-order valence-electron chi connectivity index (χ2n) is 5.75. The first-order valence-electron chi connectivity index (χ1n) is 7.96. The van der Waals surface area contributed by atoms with Crippen LogP contribution in [0.25, 0.3) is 0 Å². The summed E-state index contributed by atoms with van der Waals surface area (Å²) in [6, 6.07) is 9.47. The normalized spacial score (nSPS) is 11.5. The van der Waals surface area contributed by atoms with E-state index in [1.165, 1.54) is 63.7 Å². The van der Waals surface area contributed by atoms with Crippen LogP contribution in [-0.4, -0.2) is 46.5 Å². The van der Waals surface area contributed by atoms with Gasteiger partial charge in [-0.3, -0.25) is 0 Å². The van der Waals surface area contributed by atoms with Crippen LogP contribution in [-0.2, 0) is 21.4 Å². The van der Waals surface area contributed by atoms with Crippen LogP contribution >= 0.6 is 0 Å². The van der Waals surface area contributed by atoms with Crippen molar-refractivity contribution >= 4 is 16.0 Å². The van der Waals surface area contributed by atoms with Crippen molar-refractivity contribution in [1.29, 1.82) is 0 Å². The van der Waals surface area contributed by atoms with Gasteiger partial charge >= 0.3 is 12.6 Å². The van der Waals surface area contributed by atoms with Crippen LogP contribution in [0.3, 0.4) is 0 Å². The third kappa shape index (κ3) is 5.17. The Balaban J connectivity index is 2.06. The quantitative estimate of drug-likeness (QED) is 0.617. The number of benzene rings is 2. The largest absolute Gasteiger partial charge is 0.493 e. The second-order valence-corrected chi connectivity index (χ2v) is 7.90. The fourth-order valence-corrected chi connectivity index (χ4v) is 3.10. The van der Waals surface area contributed by atoms with Crippen LogP contribution in [0.2, 0.25) is 0 Å². The zero-order valence-electron chi connectivity index (χ0n) is 15.4. The first-order valence-corrected chi connectivity index (χ1v) is 9.40. The van der Waals surface area contributed by atoms with Gasteiger partial charge < -0.3 is 14.2 Å². The van der Waals surface area contributed by atoms with Gasteiger partial charge in [0.05, 0.1) is 17.6 Å². The number of ether oxygens (including phenoxy) is 3. The maximum Gasteiger partial charge on any atom is 0.387 e. The van der Waals surface area contributed by atoms with Crippen molar-refractivity contribution in [2.45, 2.75) is 18.1 Å². The van der Waals surface area contributed by atoms with Crippen molar-refractivity contribution in [1.82, 2.24) is 4.31 Å². The second kappa shape index (κ2) is 8.98. The van der Waals surface area contributed by atoms with E-state index in [1.807, 2.05) is 0 Å². The van der Waals surface area contributed by atoms with E-state index < -0.39 is 22.6 Å². The summed E-state index contributed by atoms with van der Waals surface area (Å²) in [5.74, 6) is -0.724. The monoisotopic (exact) mass is 415 g/mol. The molecule has 0 spiro atoms. The number of esters is 1. The molecular formula is C18H19F2NO6S. The molecule has 0 N–H and O–H groups in total. The molecule has 0 heterocycles. The number of methoxy groups -OCH3 is 1. The molecule has 0 fully saturated rings. The highest BCUT2D eigenvalue weighted by Gasteiger charge is 2.18. The molecule has 2 aromatic rings. The summed E-state index contributed by atoms with van der Waals surface area (Å²) in [4.78, 5) is 12.2. The lowest BCUT2D eigenvalue weighted by Crippen LogP contribution is -2.22. The average molecular weight is 415 g/mol. The van der Waals surface area contributed by atoms with E-state index >= 15 is 0 Å². The predicted molar refractivity (Wildman–Crippen MR) is 96.1 cm³/mol. The minimum Gasteiger partial charge on any atom is -0.493 e. The Kier molecular flexibility index (Phi) is 6.92. The number of hydrogen-bond donors (Lipinski definition) is 0. The molecule has 0 aliphatic heterocycles. The molecule has 0 unspecified atom stereocenters. The number of alkyl halides is 2. The maximum absolute atomic E-state index is 12.3. The van der Waals surface area contributed by atoms with E-state index in [4.69, 9.17) is 9.47 Å². The lowest BCUT2D eigenvalue weighted by Gasteiger charge is -2.12. The van der Waals surface area contributed by atoms with Gasteiger partial charge in [-0.1, -0.05) is 6.07 Å². The van der Waals surface area contributed by atoms with Crippen LogP contribution in [0.15, 0.2) is 47.4 Å². The first-order chi connectivity index (χ1) is 13.1. The molecule has 152 valence electrons. The molecule has 0 amide bonds. The van der Waals surface area contributed by atoms with Gasteiger partial charge in [0.25, 0.3) is 0 Å².